The molecule has 0 spiro atoms. The fourth-order valence-corrected chi connectivity index (χ4v) is 1.92. The van der Waals surface area contributed by atoms with E-state index in [0.717, 1.165) is 17.8 Å². The van der Waals surface area contributed by atoms with E-state index in [1.807, 2.05) is 24.3 Å². The Morgan fingerprint density at radius 2 is 1.90 bits per heavy atom. The summed E-state index contributed by atoms with van der Waals surface area (Å²) in [6, 6.07) is 16.9. The van der Waals surface area contributed by atoms with E-state index in [9.17, 15) is 4.79 Å². The van der Waals surface area contributed by atoms with Gasteiger partial charge in [-0.1, -0.05) is 19.1 Å². The SMILES string of the molecule is CCc1cccc(NC(=O)CNc2ccc(C#N)cc2)c1. The highest BCUT2D eigenvalue weighted by atomic mass is 16.1. The lowest BCUT2D eigenvalue weighted by molar-refractivity contribution is -0.114. The maximum Gasteiger partial charge on any atom is 0.243 e. The van der Waals surface area contributed by atoms with Gasteiger partial charge in [0.1, 0.15) is 0 Å². The second-order valence-corrected chi connectivity index (χ2v) is 4.64. The first-order valence-corrected chi connectivity index (χ1v) is 6.84. The Hall–Kier alpha value is -2.80. The summed E-state index contributed by atoms with van der Waals surface area (Å²) >= 11 is 0. The number of carbonyl (C=O) groups excluding carboxylic acids is 1. The molecule has 2 aromatic rings. The normalized spacial score (nSPS) is 9.71. The lowest BCUT2D eigenvalue weighted by Gasteiger charge is -2.08. The van der Waals surface area contributed by atoms with Gasteiger partial charge in [-0.3, -0.25) is 4.79 Å². The third-order valence-corrected chi connectivity index (χ3v) is 3.09. The largest absolute Gasteiger partial charge is 0.376 e. The molecule has 0 aliphatic rings. The van der Waals surface area contributed by atoms with Gasteiger partial charge < -0.3 is 10.6 Å². The average molecular weight is 279 g/mol. The predicted octanol–water partition coefficient (Wildman–Crippen LogP) is 3.17. The van der Waals surface area contributed by atoms with Crippen LogP contribution in [-0.2, 0) is 11.2 Å². The van der Waals surface area contributed by atoms with Crippen LogP contribution in [0.2, 0.25) is 0 Å². The van der Waals surface area contributed by atoms with Gasteiger partial charge >= 0.3 is 0 Å². The Kier molecular flexibility index (Phi) is 4.94. The van der Waals surface area contributed by atoms with E-state index in [2.05, 4.69) is 23.6 Å². The van der Waals surface area contributed by atoms with E-state index in [1.165, 1.54) is 5.56 Å². The minimum atomic E-state index is -0.104. The molecule has 0 bridgehead atoms. The zero-order valence-electron chi connectivity index (χ0n) is 11.9. The van der Waals surface area contributed by atoms with Gasteiger partial charge in [0.2, 0.25) is 5.91 Å². The summed E-state index contributed by atoms with van der Waals surface area (Å²) in [5.41, 5.74) is 3.40. The number of carbonyl (C=O) groups is 1. The number of hydrogen-bond acceptors (Lipinski definition) is 3. The predicted molar refractivity (Wildman–Crippen MR) is 84.1 cm³/mol. The molecule has 1 amide bonds. The molecule has 0 atom stereocenters. The van der Waals surface area contributed by atoms with Crippen LogP contribution in [0, 0.1) is 11.3 Å². The molecule has 106 valence electrons. The molecule has 0 aliphatic carbocycles. The van der Waals surface area contributed by atoms with Crippen LogP contribution in [0.25, 0.3) is 0 Å². The third kappa shape index (κ3) is 4.36. The highest BCUT2D eigenvalue weighted by Crippen LogP contribution is 2.11. The summed E-state index contributed by atoms with van der Waals surface area (Å²) < 4.78 is 0. The van der Waals surface area contributed by atoms with Gasteiger partial charge in [0.15, 0.2) is 0 Å². The maximum absolute atomic E-state index is 11.9. The highest BCUT2D eigenvalue weighted by molar-refractivity contribution is 5.93. The Bertz CT molecular complexity index is 656. The second kappa shape index (κ2) is 7.11. The Morgan fingerprint density at radius 1 is 1.14 bits per heavy atom. The first kappa shape index (κ1) is 14.6. The number of nitriles is 1. The molecular weight excluding hydrogens is 262 g/mol. The molecule has 0 aromatic heterocycles. The summed E-state index contributed by atoms with van der Waals surface area (Å²) in [4.78, 5) is 11.9. The maximum atomic E-state index is 11.9. The quantitative estimate of drug-likeness (QED) is 0.883. The Labute approximate surface area is 124 Å². The summed E-state index contributed by atoms with van der Waals surface area (Å²) in [5, 5.41) is 14.6. The Balaban J connectivity index is 1.88. The number of nitrogens with zero attached hydrogens (tertiary/aromatic N) is 1. The van der Waals surface area contributed by atoms with Crippen LogP contribution in [0.5, 0.6) is 0 Å². The van der Waals surface area contributed by atoms with Crippen molar-refractivity contribution in [2.75, 3.05) is 17.2 Å². The molecule has 0 saturated carbocycles. The highest BCUT2D eigenvalue weighted by Gasteiger charge is 2.03. The van der Waals surface area contributed by atoms with Crippen LogP contribution < -0.4 is 10.6 Å². The molecule has 0 saturated heterocycles. The Morgan fingerprint density at radius 3 is 2.57 bits per heavy atom. The van der Waals surface area contributed by atoms with Crippen LogP contribution in [-0.4, -0.2) is 12.5 Å². The number of benzene rings is 2. The first-order chi connectivity index (χ1) is 10.2. The van der Waals surface area contributed by atoms with Crippen LogP contribution in [0.15, 0.2) is 48.5 Å². The molecule has 21 heavy (non-hydrogen) atoms. The van der Waals surface area contributed by atoms with E-state index >= 15 is 0 Å². The van der Waals surface area contributed by atoms with Gasteiger partial charge in [-0.15, -0.1) is 0 Å². The van der Waals surface area contributed by atoms with Crippen molar-refractivity contribution in [1.29, 1.82) is 5.26 Å². The van der Waals surface area contributed by atoms with Crippen LogP contribution in [0.4, 0.5) is 11.4 Å². The molecule has 4 nitrogen and oxygen atoms in total. The van der Waals surface area contributed by atoms with Crippen molar-refractivity contribution in [3.8, 4) is 6.07 Å². The minimum Gasteiger partial charge on any atom is -0.376 e. The minimum absolute atomic E-state index is 0.104. The fraction of sp³-hybridized carbons (Fsp3) is 0.176. The molecule has 0 radical (unpaired) electrons. The van der Waals surface area contributed by atoms with Crippen molar-refractivity contribution in [3.63, 3.8) is 0 Å². The summed E-state index contributed by atoms with van der Waals surface area (Å²) in [7, 11) is 0. The lowest BCUT2D eigenvalue weighted by atomic mass is 10.1. The van der Waals surface area contributed by atoms with Gasteiger partial charge in [-0.25, -0.2) is 0 Å². The van der Waals surface area contributed by atoms with Crippen LogP contribution >= 0.6 is 0 Å². The van der Waals surface area contributed by atoms with E-state index in [1.54, 1.807) is 24.3 Å². The zero-order valence-corrected chi connectivity index (χ0v) is 11.9. The second-order valence-electron chi connectivity index (χ2n) is 4.64. The molecule has 0 fully saturated rings. The number of hydrogen-bond donors (Lipinski definition) is 2. The number of anilines is 2. The van der Waals surface area contributed by atoms with Crippen molar-refractivity contribution in [2.24, 2.45) is 0 Å². The van der Waals surface area contributed by atoms with Crippen molar-refractivity contribution < 1.29 is 4.79 Å². The molecule has 0 aliphatic heterocycles. The van der Waals surface area contributed by atoms with Gasteiger partial charge in [-0.2, -0.15) is 5.26 Å². The van der Waals surface area contributed by atoms with Gasteiger partial charge in [0.25, 0.3) is 0 Å². The summed E-state index contributed by atoms with van der Waals surface area (Å²) in [6.07, 6.45) is 0.938. The van der Waals surface area contributed by atoms with Crippen molar-refractivity contribution in [3.05, 3.63) is 59.7 Å². The number of aryl methyl sites for hydroxylation is 1. The standard InChI is InChI=1S/C17H17N3O/c1-2-13-4-3-5-16(10-13)20-17(21)12-19-15-8-6-14(11-18)7-9-15/h3-10,19H,2,12H2,1H3,(H,20,21). The topological polar surface area (TPSA) is 64.9 Å². The zero-order chi connectivity index (χ0) is 15.1. The van der Waals surface area contributed by atoms with E-state index in [4.69, 9.17) is 5.26 Å². The molecule has 0 heterocycles. The molecule has 4 heteroatoms. The first-order valence-electron chi connectivity index (χ1n) is 6.84. The molecule has 0 unspecified atom stereocenters. The van der Waals surface area contributed by atoms with E-state index in [-0.39, 0.29) is 12.5 Å². The van der Waals surface area contributed by atoms with Gasteiger partial charge in [0, 0.05) is 11.4 Å². The fourth-order valence-electron chi connectivity index (χ4n) is 1.92. The van der Waals surface area contributed by atoms with Gasteiger partial charge in [0.05, 0.1) is 18.2 Å². The van der Waals surface area contributed by atoms with E-state index < -0.39 is 0 Å². The van der Waals surface area contributed by atoms with Crippen molar-refractivity contribution in [2.45, 2.75) is 13.3 Å². The van der Waals surface area contributed by atoms with Crippen LogP contribution in [0.3, 0.4) is 0 Å². The summed E-state index contributed by atoms with van der Waals surface area (Å²) in [5.74, 6) is -0.104. The van der Waals surface area contributed by atoms with E-state index in [0.29, 0.717) is 5.56 Å². The number of rotatable bonds is 5. The smallest absolute Gasteiger partial charge is 0.243 e. The molecule has 2 rings (SSSR count). The monoisotopic (exact) mass is 279 g/mol. The molecular formula is C17H17N3O. The van der Waals surface area contributed by atoms with Crippen molar-refractivity contribution in [1.82, 2.24) is 0 Å². The lowest BCUT2D eigenvalue weighted by Crippen LogP contribution is -2.21. The van der Waals surface area contributed by atoms with Crippen molar-refractivity contribution >= 4 is 17.3 Å². The van der Waals surface area contributed by atoms with Gasteiger partial charge in [-0.05, 0) is 48.4 Å². The third-order valence-electron chi connectivity index (χ3n) is 3.09. The average Bonchev–Trinajstić information content (AvgIpc) is 2.53. The molecule has 2 aromatic carbocycles. The summed E-state index contributed by atoms with van der Waals surface area (Å²) in [6.45, 7) is 2.26. The number of nitrogens with one attached hydrogen (secondary N) is 2. The number of amides is 1. The van der Waals surface area contributed by atoms with Crippen LogP contribution in [0.1, 0.15) is 18.1 Å². The molecule has 2 N–H and O–H groups in total.